The van der Waals surface area contributed by atoms with Crippen molar-refractivity contribution < 1.29 is 4.79 Å². The van der Waals surface area contributed by atoms with E-state index in [9.17, 15) is 9.59 Å². The lowest BCUT2D eigenvalue weighted by atomic mass is 10.0. The smallest absolute Gasteiger partial charge is 0.261 e. The highest BCUT2D eigenvalue weighted by atomic mass is 79.9. The maximum absolute atomic E-state index is 12.6. The van der Waals surface area contributed by atoms with Crippen LogP contribution in [-0.2, 0) is 11.3 Å². The van der Waals surface area contributed by atoms with Crippen molar-refractivity contribution in [2.45, 2.75) is 31.8 Å². The molecular weight excluding hydrogens is 406 g/mol. The van der Waals surface area contributed by atoms with Crippen LogP contribution >= 0.6 is 15.9 Å². The fraction of sp³-hybridized carbons (Fsp3) is 0.286. The number of nitrogens with zero attached hydrogens (tertiary/aromatic N) is 2. The molecule has 0 spiro atoms. The molecular formula is C21H20BrN3O2. The van der Waals surface area contributed by atoms with Gasteiger partial charge in [0.15, 0.2) is 0 Å². The fourth-order valence-corrected chi connectivity index (χ4v) is 3.68. The molecule has 1 fully saturated rings. The van der Waals surface area contributed by atoms with Crippen LogP contribution in [0.15, 0.2) is 64.1 Å². The van der Waals surface area contributed by atoms with Gasteiger partial charge in [0.2, 0.25) is 5.91 Å². The average molecular weight is 426 g/mol. The Kier molecular flexibility index (Phi) is 5.07. The molecule has 4 rings (SSSR count). The summed E-state index contributed by atoms with van der Waals surface area (Å²) in [5, 5.41) is 3.70. The van der Waals surface area contributed by atoms with Gasteiger partial charge in [-0.25, -0.2) is 4.98 Å². The first-order valence-corrected chi connectivity index (χ1v) is 9.90. The van der Waals surface area contributed by atoms with Crippen LogP contribution in [-0.4, -0.2) is 15.5 Å². The van der Waals surface area contributed by atoms with Crippen LogP contribution in [0.25, 0.3) is 10.9 Å². The third-order valence-electron chi connectivity index (χ3n) is 4.93. The van der Waals surface area contributed by atoms with Crippen molar-refractivity contribution in [3.63, 3.8) is 0 Å². The average Bonchev–Trinajstić information content (AvgIpc) is 3.52. The third-order valence-corrected chi connectivity index (χ3v) is 5.43. The minimum absolute atomic E-state index is 0.0445. The lowest BCUT2D eigenvalue weighted by Crippen LogP contribution is -2.31. The molecule has 1 atom stereocenters. The number of rotatable bonds is 6. The molecule has 1 saturated carbocycles. The zero-order valence-electron chi connectivity index (χ0n) is 14.8. The molecule has 3 aromatic rings. The van der Waals surface area contributed by atoms with E-state index in [2.05, 4.69) is 38.4 Å². The zero-order chi connectivity index (χ0) is 18.8. The van der Waals surface area contributed by atoms with Crippen molar-refractivity contribution in [3.8, 4) is 0 Å². The van der Waals surface area contributed by atoms with Crippen LogP contribution in [0.3, 0.4) is 0 Å². The number of halogens is 1. The van der Waals surface area contributed by atoms with Crippen molar-refractivity contribution in [2.24, 2.45) is 5.92 Å². The maximum atomic E-state index is 12.6. The first-order valence-electron chi connectivity index (χ1n) is 9.11. The summed E-state index contributed by atoms with van der Waals surface area (Å²) in [6.07, 6.45) is 4.05. The van der Waals surface area contributed by atoms with E-state index in [4.69, 9.17) is 0 Å². The van der Waals surface area contributed by atoms with Crippen LogP contribution in [0.5, 0.6) is 0 Å². The summed E-state index contributed by atoms with van der Waals surface area (Å²) in [6, 6.07) is 15.6. The van der Waals surface area contributed by atoms with E-state index in [1.807, 2.05) is 24.3 Å². The number of benzene rings is 2. The van der Waals surface area contributed by atoms with Crippen molar-refractivity contribution >= 4 is 32.7 Å². The number of hydrogen-bond donors (Lipinski definition) is 1. The number of nitrogens with one attached hydrogen (secondary N) is 1. The highest BCUT2D eigenvalue weighted by Crippen LogP contribution is 2.40. The number of amides is 1. The quantitative estimate of drug-likeness (QED) is 0.652. The summed E-state index contributed by atoms with van der Waals surface area (Å²) in [5.74, 6) is 0.468. The van der Waals surface area contributed by atoms with Gasteiger partial charge in [-0.15, -0.1) is 0 Å². The number of aromatic nitrogens is 2. The summed E-state index contributed by atoms with van der Waals surface area (Å²) in [5.41, 5.74) is 1.67. The summed E-state index contributed by atoms with van der Waals surface area (Å²) < 4.78 is 2.34. The molecule has 1 amide bonds. The molecule has 1 N–H and O–H groups in total. The van der Waals surface area contributed by atoms with E-state index >= 15 is 0 Å². The van der Waals surface area contributed by atoms with Gasteiger partial charge in [0.05, 0.1) is 23.3 Å². The summed E-state index contributed by atoms with van der Waals surface area (Å²) in [4.78, 5) is 29.5. The highest BCUT2D eigenvalue weighted by Gasteiger charge is 2.33. The van der Waals surface area contributed by atoms with E-state index in [0.717, 1.165) is 22.9 Å². The second kappa shape index (κ2) is 7.64. The van der Waals surface area contributed by atoms with Gasteiger partial charge in [-0.2, -0.15) is 0 Å². The predicted molar refractivity (Wildman–Crippen MR) is 108 cm³/mol. The molecule has 6 heteroatoms. The number of aryl methyl sites for hydroxylation is 1. The van der Waals surface area contributed by atoms with Gasteiger partial charge < -0.3 is 5.32 Å². The fourth-order valence-electron chi connectivity index (χ4n) is 3.32. The molecule has 1 unspecified atom stereocenters. The van der Waals surface area contributed by atoms with Gasteiger partial charge >= 0.3 is 0 Å². The first kappa shape index (κ1) is 17.9. The van der Waals surface area contributed by atoms with E-state index < -0.39 is 0 Å². The van der Waals surface area contributed by atoms with Crippen molar-refractivity contribution in [3.05, 3.63) is 75.2 Å². The van der Waals surface area contributed by atoms with E-state index in [1.54, 1.807) is 12.1 Å². The number of carbonyl (C=O) groups excluding carboxylic acids is 1. The molecule has 2 aromatic carbocycles. The second-order valence-electron chi connectivity index (χ2n) is 6.95. The Morgan fingerprint density at radius 1 is 1.22 bits per heavy atom. The molecule has 0 saturated heterocycles. The van der Waals surface area contributed by atoms with Gasteiger partial charge in [-0.3, -0.25) is 14.2 Å². The second-order valence-corrected chi connectivity index (χ2v) is 7.86. The molecule has 1 aromatic heterocycles. The monoisotopic (exact) mass is 425 g/mol. The van der Waals surface area contributed by atoms with Crippen molar-refractivity contribution in [2.75, 3.05) is 0 Å². The molecule has 1 heterocycles. The zero-order valence-corrected chi connectivity index (χ0v) is 16.4. The maximum Gasteiger partial charge on any atom is 0.261 e. The van der Waals surface area contributed by atoms with Gasteiger partial charge in [0, 0.05) is 17.4 Å². The Labute approximate surface area is 165 Å². The minimum Gasteiger partial charge on any atom is -0.349 e. The normalized spacial score (nSPS) is 14.9. The third kappa shape index (κ3) is 4.11. The SMILES string of the molecule is O=C(CCn1cnc2ccc(Br)cc2c1=O)NC(c1ccccc1)C1CC1. The molecule has 1 aliphatic carbocycles. The Hall–Kier alpha value is -2.47. The predicted octanol–water partition coefficient (Wildman–Crippen LogP) is 3.82. The van der Waals surface area contributed by atoms with Gasteiger partial charge in [0.1, 0.15) is 0 Å². The molecule has 0 aliphatic heterocycles. The summed E-state index contributed by atoms with van der Waals surface area (Å²) in [6.45, 7) is 0.312. The lowest BCUT2D eigenvalue weighted by Gasteiger charge is -2.19. The van der Waals surface area contributed by atoms with Crippen LogP contribution < -0.4 is 10.9 Å². The van der Waals surface area contributed by atoms with Crippen LogP contribution in [0.1, 0.15) is 30.9 Å². The highest BCUT2D eigenvalue weighted by molar-refractivity contribution is 9.10. The van der Waals surface area contributed by atoms with E-state index in [0.29, 0.717) is 23.4 Å². The molecule has 138 valence electrons. The van der Waals surface area contributed by atoms with Gasteiger partial charge in [-0.05, 0) is 42.5 Å². The van der Waals surface area contributed by atoms with Gasteiger partial charge in [0.25, 0.3) is 5.56 Å². The standard InChI is InChI=1S/C21H20BrN3O2/c22-16-8-9-18-17(12-16)21(27)25(13-23-18)11-10-19(26)24-20(15-6-7-15)14-4-2-1-3-5-14/h1-5,8-9,12-13,15,20H,6-7,10-11H2,(H,24,26). The van der Waals surface area contributed by atoms with Crippen LogP contribution in [0.2, 0.25) is 0 Å². The number of fused-ring (bicyclic) bond motifs is 1. The van der Waals surface area contributed by atoms with Crippen molar-refractivity contribution in [1.82, 2.24) is 14.9 Å². The Balaban J connectivity index is 1.45. The largest absolute Gasteiger partial charge is 0.349 e. The molecule has 5 nitrogen and oxygen atoms in total. The molecule has 0 radical (unpaired) electrons. The minimum atomic E-state index is -0.129. The Bertz CT molecular complexity index is 1030. The van der Waals surface area contributed by atoms with E-state index in [1.165, 1.54) is 10.9 Å². The summed E-state index contributed by atoms with van der Waals surface area (Å²) >= 11 is 3.38. The molecule has 1 aliphatic rings. The Morgan fingerprint density at radius 2 is 2.00 bits per heavy atom. The lowest BCUT2D eigenvalue weighted by molar-refractivity contribution is -0.122. The van der Waals surface area contributed by atoms with E-state index in [-0.39, 0.29) is 23.9 Å². The van der Waals surface area contributed by atoms with Crippen molar-refractivity contribution in [1.29, 1.82) is 0 Å². The van der Waals surface area contributed by atoms with Crippen LogP contribution in [0, 0.1) is 5.92 Å². The molecule has 27 heavy (non-hydrogen) atoms. The summed E-state index contributed by atoms with van der Waals surface area (Å²) in [7, 11) is 0. The van der Waals surface area contributed by atoms with Crippen LogP contribution in [0.4, 0.5) is 0 Å². The number of hydrogen-bond acceptors (Lipinski definition) is 3. The topological polar surface area (TPSA) is 64.0 Å². The Morgan fingerprint density at radius 3 is 2.74 bits per heavy atom. The first-order chi connectivity index (χ1) is 13.1. The molecule has 0 bridgehead atoms. The number of carbonyl (C=O) groups is 1. The van der Waals surface area contributed by atoms with Gasteiger partial charge in [-0.1, -0.05) is 46.3 Å².